The minimum absolute atomic E-state index is 0.0243. The number of fused-ring (bicyclic) bond motifs is 1. The van der Waals surface area contributed by atoms with E-state index in [0.29, 0.717) is 21.7 Å². The maximum absolute atomic E-state index is 12.7. The highest BCUT2D eigenvalue weighted by Crippen LogP contribution is 2.41. The minimum Gasteiger partial charge on any atom is -0.454 e. The van der Waals surface area contributed by atoms with Crippen molar-refractivity contribution in [1.29, 1.82) is 0 Å². The van der Waals surface area contributed by atoms with Crippen molar-refractivity contribution in [1.82, 2.24) is 14.5 Å². The standard InChI is InChI=1S/C20H19BrClN3O3/c1-3-14-11(2)16(28-20(26)12-7-5-4-6-8-12)19(27-14)25-9-13(21)15-17(22)23-10-24-18(15)25/h4-11,14,16,19H,3H2,1-2H3/t11-,14-,16?,19-/m1/s1. The Bertz CT molecular complexity index is 1010. The summed E-state index contributed by atoms with van der Waals surface area (Å²) in [7, 11) is 0. The molecule has 3 aromatic rings. The van der Waals surface area contributed by atoms with Crippen LogP contribution in [0.2, 0.25) is 5.15 Å². The zero-order valence-corrected chi connectivity index (χ0v) is 17.7. The smallest absolute Gasteiger partial charge is 0.338 e. The van der Waals surface area contributed by atoms with Gasteiger partial charge in [-0.2, -0.15) is 0 Å². The lowest BCUT2D eigenvalue weighted by Crippen LogP contribution is -2.30. The van der Waals surface area contributed by atoms with Crippen LogP contribution in [0.1, 0.15) is 36.9 Å². The van der Waals surface area contributed by atoms with Crippen LogP contribution in [0.4, 0.5) is 0 Å². The fourth-order valence-electron chi connectivity index (χ4n) is 3.67. The average Bonchev–Trinajstić information content (AvgIpc) is 3.20. The molecule has 6 nitrogen and oxygen atoms in total. The molecule has 3 heterocycles. The first kappa shape index (κ1) is 19.4. The molecule has 4 atom stereocenters. The van der Waals surface area contributed by atoms with Crippen LogP contribution in [0, 0.1) is 5.92 Å². The number of carbonyl (C=O) groups is 1. The molecular formula is C20H19BrClN3O3. The van der Waals surface area contributed by atoms with Gasteiger partial charge in [-0.25, -0.2) is 14.8 Å². The number of rotatable bonds is 4. The van der Waals surface area contributed by atoms with Gasteiger partial charge in [-0.3, -0.25) is 0 Å². The summed E-state index contributed by atoms with van der Waals surface area (Å²) in [5, 5.41) is 1.06. The van der Waals surface area contributed by atoms with Gasteiger partial charge < -0.3 is 14.0 Å². The van der Waals surface area contributed by atoms with Crippen molar-refractivity contribution in [3.63, 3.8) is 0 Å². The van der Waals surface area contributed by atoms with Gasteiger partial charge in [-0.05, 0) is 34.5 Å². The second-order valence-corrected chi connectivity index (χ2v) is 8.03. The number of halogens is 2. The zero-order chi connectivity index (χ0) is 19.8. The van der Waals surface area contributed by atoms with E-state index in [1.807, 2.05) is 35.9 Å². The van der Waals surface area contributed by atoms with Gasteiger partial charge >= 0.3 is 5.97 Å². The van der Waals surface area contributed by atoms with Crippen LogP contribution in [-0.2, 0) is 9.47 Å². The molecule has 0 aliphatic carbocycles. The number of hydrogen-bond acceptors (Lipinski definition) is 5. The van der Waals surface area contributed by atoms with E-state index in [1.165, 1.54) is 6.33 Å². The van der Waals surface area contributed by atoms with E-state index in [4.69, 9.17) is 21.1 Å². The molecule has 0 amide bonds. The third-order valence-corrected chi connectivity index (χ3v) is 6.03. The molecule has 0 bridgehead atoms. The SMILES string of the molecule is CC[C@H]1O[C@@H](n2cc(Br)c3c(Cl)ncnc32)C(OC(=O)c2ccccc2)[C@@H]1C. The normalized spacial score (nSPS) is 24.6. The number of benzene rings is 1. The molecule has 0 saturated carbocycles. The van der Waals surface area contributed by atoms with Crippen molar-refractivity contribution in [2.75, 3.05) is 0 Å². The first-order valence-corrected chi connectivity index (χ1v) is 10.3. The quantitative estimate of drug-likeness (QED) is 0.401. The van der Waals surface area contributed by atoms with E-state index >= 15 is 0 Å². The number of ether oxygens (including phenoxy) is 2. The Morgan fingerprint density at radius 3 is 2.79 bits per heavy atom. The van der Waals surface area contributed by atoms with Crippen LogP contribution in [0.5, 0.6) is 0 Å². The number of nitrogens with zero attached hydrogens (tertiary/aromatic N) is 3. The second-order valence-electron chi connectivity index (χ2n) is 6.82. The molecule has 28 heavy (non-hydrogen) atoms. The molecule has 2 aromatic heterocycles. The lowest BCUT2D eigenvalue weighted by molar-refractivity contribution is -0.0467. The average molecular weight is 465 g/mol. The molecule has 1 aliphatic heterocycles. The molecule has 1 aliphatic rings. The molecule has 146 valence electrons. The molecule has 1 aromatic carbocycles. The number of aromatic nitrogens is 3. The summed E-state index contributed by atoms with van der Waals surface area (Å²) in [5.41, 5.74) is 1.14. The van der Waals surface area contributed by atoms with Crippen molar-refractivity contribution >= 4 is 44.5 Å². The third-order valence-electron chi connectivity index (χ3n) is 5.15. The van der Waals surface area contributed by atoms with Crippen LogP contribution in [0.15, 0.2) is 47.3 Å². The van der Waals surface area contributed by atoms with Gasteiger partial charge in [0.15, 0.2) is 12.3 Å². The summed E-state index contributed by atoms with van der Waals surface area (Å²) in [4.78, 5) is 21.1. The molecule has 0 spiro atoms. The van der Waals surface area contributed by atoms with E-state index in [2.05, 4.69) is 32.8 Å². The third kappa shape index (κ3) is 3.32. The van der Waals surface area contributed by atoms with Crippen molar-refractivity contribution in [3.05, 3.63) is 58.0 Å². The summed E-state index contributed by atoms with van der Waals surface area (Å²) in [6.07, 6.45) is 3.07. The first-order chi connectivity index (χ1) is 13.5. The monoisotopic (exact) mass is 463 g/mol. The Balaban J connectivity index is 1.72. The number of hydrogen-bond donors (Lipinski definition) is 0. The highest BCUT2D eigenvalue weighted by atomic mass is 79.9. The highest BCUT2D eigenvalue weighted by Gasteiger charge is 2.45. The molecule has 0 N–H and O–H groups in total. The summed E-state index contributed by atoms with van der Waals surface area (Å²) < 4.78 is 14.8. The predicted octanol–water partition coefficient (Wildman–Crippen LogP) is 5.02. The molecule has 1 fully saturated rings. The van der Waals surface area contributed by atoms with Gasteiger partial charge in [-0.15, -0.1) is 0 Å². The number of esters is 1. The lowest BCUT2D eigenvalue weighted by atomic mass is 9.98. The molecule has 1 unspecified atom stereocenters. The van der Waals surface area contributed by atoms with Gasteiger partial charge in [0.25, 0.3) is 0 Å². The lowest BCUT2D eigenvalue weighted by Gasteiger charge is -2.23. The van der Waals surface area contributed by atoms with E-state index in [1.54, 1.807) is 12.1 Å². The van der Waals surface area contributed by atoms with Crippen LogP contribution < -0.4 is 0 Å². The zero-order valence-electron chi connectivity index (χ0n) is 15.4. The van der Waals surface area contributed by atoms with E-state index in [9.17, 15) is 4.79 Å². The van der Waals surface area contributed by atoms with Gasteiger partial charge in [0.1, 0.15) is 17.1 Å². The maximum Gasteiger partial charge on any atom is 0.338 e. The Kier molecular flexibility index (Phi) is 5.40. The fourth-order valence-corrected chi connectivity index (χ4v) is 4.60. The van der Waals surface area contributed by atoms with Gasteiger partial charge in [0, 0.05) is 16.6 Å². The predicted molar refractivity (Wildman–Crippen MR) is 109 cm³/mol. The van der Waals surface area contributed by atoms with E-state index < -0.39 is 12.3 Å². The summed E-state index contributed by atoms with van der Waals surface area (Å²) in [5.74, 6) is -0.345. The van der Waals surface area contributed by atoms with Crippen molar-refractivity contribution in [2.45, 2.75) is 38.7 Å². The first-order valence-electron chi connectivity index (χ1n) is 9.09. The minimum atomic E-state index is -0.507. The van der Waals surface area contributed by atoms with Crippen LogP contribution in [0.25, 0.3) is 11.0 Å². The Labute approximate surface area is 176 Å². The topological polar surface area (TPSA) is 66.2 Å². The van der Waals surface area contributed by atoms with Gasteiger partial charge in [-0.1, -0.05) is 43.6 Å². The Morgan fingerprint density at radius 1 is 1.32 bits per heavy atom. The largest absolute Gasteiger partial charge is 0.454 e. The molecule has 1 saturated heterocycles. The van der Waals surface area contributed by atoms with Crippen molar-refractivity contribution < 1.29 is 14.3 Å². The van der Waals surface area contributed by atoms with Gasteiger partial charge in [0.2, 0.25) is 0 Å². The molecule has 4 rings (SSSR count). The van der Waals surface area contributed by atoms with Crippen LogP contribution in [0.3, 0.4) is 0 Å². The van der Waals surface area contributed by atoms with E-state index in [-0.39, 0.29) is 18.0 Å². The number of carbonyl (C=O) groups excluding carboxylic acids is 1. The van der Waals surface area contributed by atoms with Crippen molar-refractivity contribution in [2.24, 2.45) is 5.92 Å². The molecule has 0 radical (unpaired) electrons. The fraction of sp³-hybridized carbons (Fsp3) is 0.350. The summed E-state index contributed by atoms with van der Waals surface area (Å²) in [6.45, 7) is 4.10. The van der Waals surface area contributed by atoms with Crippen molar-refractivity contribution in [3.8, 4) is 0 Å². The molecular weight excluding hydrogens is 446 g/mol. The molecule has 8 heteroatoms. The van der Waals surface area contributed by atoms with E-state index in [0.717, 1.165) is 10.9 Å². The Morgan fingerprint density at radius 2 is 2.07 bits per heavy atom. The van der Waals surface area contributed by atoms with Gasteiger partial charge in [0.05, 0.1) is 17.1 Å². The van der Waals surface area contributed by atoms with Crippen LogP contribution >= 0.6 is 27.5 Å². The summed E-state index contributed by atoms with van der Waals surface area (Å²) in [6, 6.07) is 8.97. The highest BCUT2D eigenvalue weighted by molar-refractivity contribution is 9.10. The second kappa shape index (κ2) is 7.81. The Hall–Kier alpha value is -1.96. The van der Waals surface area contributed by atoms with Crippen LogP contribution in [-0.4, -0.2) is 32.7 Å². The maximum atomic E-state index is 12.7. The summed E-state index contributed by atoms with van der Waals surface area (Å²) >= 11 is 9.77.